The molecule has 2 heteroatoms. The lowest BCUT2D eigenvalue weighted by Gasteiger charge is -2.11. The highest BCUT2D eigenvalue weighted by Crippen LogP contribution is 2.23. The van der Waals surface area contributed by atoms with E-state index in [4.69, 9.17) is 9.84 Å². The Morgan fingerprint density at radius 1 is 1.29 bits per heavy atom. The normalized spacial score (nSPS) is 11.0. The molecule has 0 fully saturated rings. The van der Waals surface area contributed by atoms with E-state index >= 15 is 0 Å². The molecule has 0 bridgehead atoms. The summed E-state index contributed by atoms with van der Waals surface area (Å²) in [7, 11) is 0. The van der Waals surface area contributed by atoms with Crippen molar-refractivity contribution < 1.29 is 9.84 Å². The second-order valence-corrected chi connectivity index (χ2v) is 3.98. The van der Waals surface area contributed by atoms with Crippen LogP contribution in [0.1, 0.15) is 37.8 Å². The van der Waals surface area contributed by atoms with Crippen molar-refractivity contribution in [3.63, 3.8) is 0 Å². The Balaban J connectivity index is 2.82. The van der Waals surface area contributed by atoms with Crippen molar-refractivity contribution in [2.24, 2.45) is 0 Å². The highest BCUT2D eigenvalue weighted by atomic mass is 16.5. The SMILES string of the molecule is CC=Cc1ccc(OCC)c(CCCCO)c1. The van der Waals surface area contributed by atoms with E-state index < -0.39 is 0 Å². The average molecular weight is 234 g/mol. The number of rotatable bonds is 7. The minimum absolute atomic E-state index is 0.262. The van der Waals surface area contributed by atoms with Crippen molar-refractivity contribution in [1.29, 1.82) is 0 Å². The number of allylic oxidation sites excluding steroid dienone is 1. The van der Waals surface area contributed by atoms with Gasteiger partial charge < -0.3 is 9.84 Å². The van der Waals surface area contributed by atoms with Crippen LogP contribution < -0.4 is 4.74 Å². The summed E-state index contributed by atoms with van der Waals surface area (Å²) in [5, 5.41) is 8.81. The van der Waals surface area contributed by atoms with Crippen LogP contribution in [0.4, 0.5) is 0 Å². The first kappa shape index (κ1) is 13.8. The Morgan fingerprint density at radius 3 is 2.76 bits per heavy atom. The fourth-order valence-corrected chi connectivity index (χ4v) is 1.81. The second-order valence-electron chi connectivity index (χ2n) is 3.98. The molecule has 0 unspecified atom stereocenters. The second kappa shape index (κ2) is 7.91. The number of aliphatic hydroxyl groups is 1. The standard InChI is InChI=1S/C15H22O2/c1-3-7-13-9-10-15(17-4-2)14(12-13)8-5-6-11-16/h3,7,9-10,12,16H,4-6,8,11H2,1-2H3. The largest absolute Gasteiger partial charge is 0.494 e. The van der Waals surface area contributed by atoms with E-state index in [1.807, 2.05) is 26.0 Å². The highest BCUT2D eigenvalue weighted by molar-refractivity contribution is 5.53. The third-order valence-corrected chi connectivity index (χ3v) is 2.60. The molecular formula is C15H22O2. The Kier molecular flexibility index (Phi) is 6.41. The molecule has 0 amide bonds. The number of ether oxygens (including phenoxy) is 1. The first-order valence-electron chi connectivity index (χ1n) is 6.31. The number of hydrogen-bond acceptors (Lipinski definition) is 2. The van der Waals surface area contributed by atoms with Gasteiger partial charge in [0.1, 0.15) is 5.75 Å². The first-order chi connectivity index (χ1) is 8.31. The zero-order chi connectivity index (χ0) is 12.5. The van der Waals surface area contributed by atoms with E-state index in [9.17, 15) is 0 Å². The van der Waals surface area contributed by atoms with Gasteiger partial charge in [-0.05, 0) is 56.4 Å². The smallest absolute Gasteiger partial charge is 0.122 e. The zero-order valence-corrected chi connectivity index (χ0v) is 10.8. The monoisotopic (exact) mass is 234 g/mol. The van der Waals surface area contributed by atoms with Crippen LogP contribution in [0.25, 0.3) is 6.08 Å². The average Bonchev–Trinajstić information content (AvgIpc) is 2.33. The summed E-state index contributed by atoms with van der Waals surface area (Å²) in [6, 6.07) is 6.27. The molecule has 0 aliphatic heterocycles. The van der Waals surface area contributed by atoms with Crippen molar-refractivity contribution in [1.82, 2.24) is 0 Å². The Morgan fingerprint density at radius 2 is 2.12 bits per heavy atom. The third-order valence-electron chi connectivity index (χ3n) is 2.60. The number of unbranched alkanes of at least 4 members (excludes halogenated alkanes) is 1. The number of benzene rings is 1. The fraction of sp³-hybridized carbons (Fsp3) is 0.467. The van der Waals surface area contributed by atoms with Gasteiger partial charge in [0.15, 0.2) is 0 Å². The van der Waals surface area contributed by atoms with Gasteiger partial charge in [-0.1, -0.05) is 18.2 Å². The quantitative estimate of drug-likeness (QED) is 0.732. The van der Waals surface area contributed by atoms with Crippen LogP contribution in [-0.2, 0) is 6.42 Å². The first-order valence-corrected chi connectivity index (χ1v) is 6.31. The molecular weight excluding hydrogens is 212 g/mol. The lowest BCUT2D eigenvalue weighted by Crippen LogP contribution is -1.98. The van der Waals surface area contributed by atoms with Crippen LogP contribution >= 0.6 is 0 Å². The molecule has 0 aliphatic rings. The van der Waals surface area contributed by atoms with Crippen LogP contribution in [0.3, 0.4) is 0 Å². The van der Waals surface area contributed by atoms with Crippen LogP contribution in [0.5, 0.6) is 5.75 Å². The summed E-state index contributed by atoms with van der Waals surface area (Å²) >= 11 is 0. The van der Waals surface area contributed by atoms with Gasteiger partial charge in [0.2, 0.25) is 0 Å². The molecule has 0 heterocycles. The van der Waals surface area contributed by atoms with Crippen molar-refractivity contribution in [2.45, 2.75) is 33.1 Å². The summed E-state index contributed by atoms with van der Waals surface area (Å²) in [6.45, 7) is 4.97. The zero-order valence-electron chi connectivity index (χ0n) is 10.8. The number of aryl methyl sites for hydroxylation is 1. The Labute approximate surface area is 104 Å². The van der Waals surface area contributed by atoms with Crippen LogP contribution in [0.15, 0.2) is 24.3 Å². The summed E-state index contributed by atoms with van der Waals surface area (Å²) in [6.07, 6.45) is 6.93. The van der Waals surface area contributed by atoms with Crippen LogP contribution in [0, 0.1) is 0 Å². The fourth-order valence-electron chi connectivity index (χ4n) is 1.81. The topological polar surface area (TPSA) is 29.5 Å². The van der Waals surface area contributed by atoms with E-state index in [1.165, 1.54) is 11.1 Å². The van der Waals surface area contributed by atoms with E-state index in [2.05, 4.69) is 18.2 Å². The van der Waals surface area contributed by atoms with E-state index in [-0.39, 0.29) is 6.61 Å². The summed E-state index contributed by atoms with van der Waals surface area (Å²) in [5.41, 5.74) is 2.44. The molecule has 1 aromatic carbocycles. The van der Waals surface area contributed by atoms with Gasteiger partial charge in [-0.3, -0.25) is 0 Å². The number of hydrogen-bond donors (Lipinski definition) is 1. The molecule has 0 atom stereocenters. The molecule has 94 valence electrons. The van der Waals surface area contributed by atoms with Crippen molar-refractivity contribution in [3.8, 4) is 5.75 Å². The van der Waals surface area contributed by atoms with Gasteiger partial charge >= 0.3 is 0 Å². The van der Waals surface area contributed by atoms with Crippen LogP contribution in [-0.4, -0.2) is 18.3 Å². The van der Waals surface area contributed by atoms with Gasteiger partial charge in [-0.2, -0.15) is 0 Å². The lowest BCUT2D eigenvalue weighted by atomic mass is 10.0. The maximum Gasteiger partial charge on any atom is 0.122 e. The molecule has 1 rings (SSSR count). The van der Waals surface area contributed by atoms with Gasteiger partial charge in [0, 0.05) is 6.61 Å². The highest BCUT2D eigenvalue weighted by Gasteiger charge is 2.04. The van der Waals surface area contributed by atoms with E-state index in [0.717, 1.165) is 25.0 Å². The van der Waals surface area contributed by atoms with Gasteiger partial charge in [-0.15, -0.1) is 0 Å². The maximum atomic E-state index is 8.81. The Hall–Kier alpha value is -1.28. The minimum atomic E-state index is 0.262. The van der Waals surface area contributed by atoms with E-state index in [0.29, 0.717) is 6.61 Å². The predicted molar refractivity (Wildman–Crippen MR) is 72.3 cm³/mol. The molecule has 1 N–H and O–H groups in total. The summed E-state index contributed by atoms with van der Waals surface area (Å²) < 4.78 is 5.61. The van der Waals surface area contributed by atoms with E-state index in [1.54, 1.807) is 0 Å². The summed E-state index contributed by atoms with van der Waals surface area (Å²) in [4.78, 5) is 0. The van der Waals surface area contributed by atoms with Crippen LogP contribution in [0.2, 0.25) is 0 Å². The molecule has 0 aliphatic carbocycles. The molecule has 0 spiro atoms. The molecule has 0 radical (unpaired) electrons. The van der Waals surface area contributed by atoms with Crippen molar-refractivity contribution in [3.05, 3.63) is 35.4 Å². The third kappa shape index (κ3) is 4.61. The van der Waals surface area contributed by atoms with Gasteiger partial charge in [0.05, 0.1) is 6.61 Å². The molecule has 0 saturated carbocycles. The molecule has 2 nitrogen and oxygen atoms in total. The molecule has 17 heavy (non-hydrogen) atoms. The van der Waals surface area contributed by atoms with Crippen molar-refractivity contribution in [2.75, 3.05) is 13.2 Å². The summed E-state index contributed by atoms with van der Waals surface area (Å²) in [5.74, 6) is 0.971. The maximum absolute atomic E-state index is 8.81. The van der Waals surface area contributed by atoms with Gasteiger partial charge in [-0.25, -0.2) is 0 Å². The minimum Gasteiger partial charge on any atom is -0.494 e. The Bertz CT molecular complexity index is 356. The molecule has 0 aromatic heterocycles. The predicted octanol–water partition coefficient (Wildman–Crippen LogP) is 3.43. The molecule has 1 aromatic rings. The van der Waals surface area contributed by atoms with Gasteiger partial charge in [0.25, 0.3) is 0 Å². The molecule has 0 saturated heterocycles. The number of aliphatic hydroxyl groups excluding tert-OH is 1. The van der Waals surface area contributed by atoms with Crippen molar-refractivity contribution >= 4 is 6.08 Å². The lowest BCUT2D eigenvalue weighted by molar-refractivity contribution is 0.284.